The van der Waals surface area contributed by atoms with Crippen LogP contribution in [0.5, 0.6) is 11.6 Å². The standard InChI is InChI=1S/C16H12BrFN4O3/c17-10-5-13(18)16(20-7-10)24-12-3-1-9(2-4-12)15-21-14(25-22-15)6-11(19)8-23/h1-5,7-8,11H,6,19H2/t11-/m0/s1. The molecule has 9 heteroatoms. The molecule has 2 heterocycles. The Labute approximate surface area is 150 Å². The summed E-state index contributed by atoms with van der Waals surface area (Å²) in [7, 11) is 0. The molecule has 0 unspecified atom stereocenters. The van der Waals surface area contributed by atoms with E-state index in [1.54, 1.807) is 24.3 Å². The summed E-state index contributed by atoms with van der Waals surface area (Å²) in [5.41, 5.74) is 6.19. The van der Waals surface area contributed by atoms with Gasteiger partial charge in [-0.1, -0.05) is 5.16 Å². The molecule has 0 aliphatic heterocycles. The van der Waals surface area contributed by atoms with Crippen molar-refractivity contribution < 1.29 is 18.4 Å². The highest BCUT2D eigenvalue weighted by atomic mass is 79.9. The number of ether oxygens (including phenoxy) is 1. The van der Waals surface area contributed by atoms with Gasteiger partial charge in [0.1, 0.15) is 12.0 Å². The van der Waals surface area contributed by atoms with Crippen molar-refractivity contribution >= 4 is 22.2 Å². The van der Waals surface area contributed by atoms with Crippen molar-refractivity contribution in [2.24, 2.45) is 5.73 Å². The average molecular weight is 407 g/mol. The molecular formula is C16H12BrFN4O3. The van der Waals surface area contributed by atoms with Gasteiger partial charge in [-0.25, -0.2) is 9.37 Å². The highest BCUT2D eigenvalue weighted by Gasteiger charge is 2.12. The van der Waals surface area contributed by atoms with Crippen LogP contribution in [0, 0.1) is 5.82 Å². The van der Waals surface area contributed by atoms with Crippen LogP contribution in [0.4, 0.5) is 4.39 Å². The number of pyridine rings is 1. The lowest BCUT2D eigenvalue weighted by Crippen LogP contribution is -2.24. The van der Waals surface area contributed by atoms with Crippen molar-refractivity contribution in [2.75, 3.05) is 0 Å². The van der Waals surface area contributed by atoms with Crippen molar-refractivity contribution in [1.29, 1.82) is 0 Å². The molecule has 0 aliphatic carbocycles. The smallest absolute Gasteiger partial charge is 0.255 e. The van der Waals surface area contributed by atoms with Gasteiger partial charge in [-0.2, -0.15) is 4.98 Å². The van der Waals surface area contributed by atoms with Crippen molar-refractivity contribution in [3.8, 4) is 23.0 Å². The van der Waals surface area contributed by atoms with Crippen molar-refractivity contribution in [3.63, 3.8) is 0 Å². The fourth-order valence-electron chi connectivity index (χ4n) is 1.97. The van der Waals surface area contributed by atoms with E-state index in [0.29, 0.717) is 27.9 Å². The van der Waals surface area contributed by atoms with Crippen LogP contribution < -0.4 is 10.5 Å². The van der Waals surface area contributed by atoms with Crippen LogP contribution in [-0.4, -0.2) is 27.5 Å². The summed E-state index contributed by atoms with van der Waals surface area (Å²) in [5.74, 6) is 0.334. The van der Waals surface area contributed by atoms with Crippen molar-refractivity contribution in [2.45, 2.75) is 12.5 Å². The normalized spacial score (nSPS) is 12.0. The maximum Gasteiger partial charge on any atom is 0.255 e. The van der Waals surface area contributed by atoms with Gasteiger partial charge in [0.05, 0.1) is 6.04 Å². The molecule has 3 aromatic rings. The lowest BCUT2D eigenvalue weighted by molar-refractivity contribution is -0.108. The molecule has 128 valence electrons. The summed E-state index contributed by atoms with van der Waals surface area (Å²) in [6.07, 6.45) is 2.23. The number of halogens is 2. The molecular weight excluding hydrogens is 395 g/mol. The van der Waals surface area contributed by atoms with Crippen LogP contribution in [0.2, 0.25) is 0 Å². The Morgan fingerprint density at radius 2 is 2.12 bits per heavy atom. The van der Waals surface area contributed by atoms with Gasteiger partial charge in [-0.3, -0.25) is 0 Å². The summed E-state index contributed by atoms with van der Waals surface area (Å²) in [6.45, 7) is 0. The summed E-state index contributed by atoms with van der Waals surface area (Å²) in [5, 5.41) is 3.84. The van der Waals surface area contributed by atoms with Crippen molar-refractivity contribution in [3.05, 3.63) is 52.7 Å². The van der Waals surface area contributed by atoms with Gasteiger partial charge >= 0.3 is 0 Å². The maximum absolute atomic E-state index is 13.7. The SMILES string of the molecule is N[C@H](C=O)Cc1nc(-c2ccc(Oc3ncc(Br)cc3F)cc2)no1. The van der Waals surface area contributed by atoms with Gasteiger partial charge in [-0.15, -0.1) is 0 Å². The molecule has 0 saturated carbocycles. The summed E-state index contributed by atoms with van der Waals surface area (Å²) >= 11 is 3.13. The molecule has 2 aromatic heterocycles. The Bertz CT molecular complexity index is 885. The first-order chi connectivity index (χ1) is 12.0. The molecule has 0 radical (unpaired) electrons. The van der Waals surface area contributed by atoms with Gasteiger partial charge < -0.3 is 19.8 Å². The van der Waals surface area contributed by atoms with Gasteiger partial charge in [0, 0.05) is 22.7 Å². The first-order valence-electron chi connectivity index (χ1n) is 7.18. The van der Waals surface area contributed by atoms with Gasteiger partial charge in [-0.05, 0) is 46.3 Å². The quantitative estimate of drug-likeness (QED) is 0.627. The highest BCUT2D eigenvalue weighted by Crippen LogP contribution is 2.26. The number of hydrogen-bond donors (Lipinski definition) is 1. The minimum atomic E-state index is -0.683. The molecule has 0 saturated heterocycles. The summed E-state index contributed by atoms with van der Waals surface area (Å²) < 4.78 is 24.7. The lowest BCUT2D eigenvalue weighted by atomic mass is 10.2. The number of carbonyl (C=O) groups is 1. The second-order valence-corrected chi connectivity index (χ2v) is 6.00. The van der Waals surface area contributed by atoms with Gasteiger partial charge in [0.2, 0.25) is 11.7 Å². The van der Waals surface area contributed by atoms with Crippen LogP contribution in [-0.2, 0) is 11.2 Å². The van der Waals surface area contributed by atoms with E-state index in [4.69, 9.17) is 15.0 Å². The number of aromatic nitrogens is 3. The van der Waals surface area contributed by atoms with E-state index in [9.17, 15) is 9.18 Å². The molecule has 0 aliphatic rings. The average Bonchev–Trinajstić information content (AvgIpc) is 3.06. The van der Waals surface area contributed by atoms with Crippen LogP contribution in [0.25, 0.3) is 11.4 Å². The minimum Gasteiger partial charge on any atom is -0.436 e. The van der Waals surface area contributed by atoms with Crippen LogP contribution in [0.3, 0.4) is 0 Å². The van der Waals surface area contributed by atoms with Crippen LogP contribution >= 0.6 is 15.9 Å². The number of nitrogens with zero attached hydrogens (tertiary/aromatic N) is 3. The number of rotatable bonds is 6. The Morgan fingerprint density at radius 1 is 1.36 bits per heavy atom. The summed E-state index contributed by atoms with van der Waals surface area (Å²) in [6, 6.07) is 7.23. The molecule has 1 aromatic carbocycles. The molecule has 1 atom stereocenters. The van der Waals surface area contributed by atoms with E-state index in [-0.39, 0.29) is 18.2 Å². The molecule has 0 amide bonds. The number of benzene rings is 1. The van der Waals surface area contributed by atoms with Crippen molar-refractivity contribution in [1.82, 2.24) is 15.1 Å². The van der Waals surface area contributed by atoms with E-state index in [2.05, 4.69) is 31.1 Å². The zero-order valence-electron chi connectivity index (χ0n) is 12.7. The molecule has 3 rings (SSSR count). The van der Waals surface area contributed by atoms with E-state index >= 15 is 0 Å². The van der Waals surface area contributed by atoms with E-state index in [1.165, 1.54) is 12.3 Å². The third kappa shape index (κ3) is 4.25. The second kappa shape index (κ2) is 7.49. The number of nitrogens with two attached hydrogens (primary N) is 1. The Kier molecular flexibility index (Phi) is 5.15. The Balaban J connectivity index is 1.73. The Hall–Kier alpha value is -2.65. The molecule has 0 spiro atoms. The topological polar surface area (TPSA) is 104 Å². The largest absolute Gasteiger partial charge is 0.436 e. The first-order valence-corrected chi connectivity index (χ1v) is 7.97. The third-order valence-electron chi connectivity index (χ3n) is 3.15. The number of carbonyl (C=O) groups excluding carboxylic acids is 1. The molecule has 7 nitrogen and oxygen atoms in total. The number of hydrogen-bond acceptors (Lipinski definition) is 7. The molecule has 25 heavy (non-hydrogen) atoms. The van der Waals surface area contributed by atoms with E-state index in [1.807, 2.05) is 0 Å². The maximum atomic E-state index is 13.7. The number of aldehydes is 1. The highest BCUT2D eigenvalue weighted by molar-refractivity contribution is 9.10. The predicted octanol–water partition coefficient (Wildman–Crippen LogP) is 2.89. The zero-order valence-corrected chi connectivity index (χ0v) is 14.3. The fraction of sp³-hybridized carbons (Fsp3) is 0.125. The van der Waals surface area contributed by atoms with Crippen LogP contribution in [0.15, 0.2) is 45.5 Å². The first kappa shape index (κ1) is 17.2. The third-order valence-corrected chi connectivity index (χ3v) is 3.59. The lowest BCUT2D eigenvalue weighted by Gasteiger charge is -2.06. The second-order valence-electron chi connectivity index (χ2n) is 5.08. The van der Waals surface area contributed by atoms with Crippen LogP contribution in [0.1, 0.15) is 5.89 Å². The van der Waals surface area contributed by atoms with E-state index < -0.39 is 11.9 Å². The zero-order chi connectivity index (χ0) is 17.8. The molecule has 0 bridgehead atoms. The molecule has 2 N–H and O–H groups in total. The monoisotopic (exact) mass is 406 g/mol. The Morgan fingerprint density at radius 3 is 2.80 bits per heavy atom. The van der Waals surface area contributed by atoms with E-state index in [0.717, 1.165) is 0 Å². The van der Waals surface area contributed by atoms with Gasteiger partial charge in [0.15, 0.2) is 5.82 Å². The minimum absolute atomic E-state index is 0.124. The predicted molar refractivity (Wildman–Crippen MR) is 89.4 cm³/mol. The summed E-state index contributed by atoms with van der Waals surface area (Å²) in [4.78, 5) is 18.6. The molecule has 0 fully saturated rings. The fourth-order valence-corrected chi connectivity index (χ4v) is 2.27. The van der Waals surface area contributed by atoms with Gasteiger partial charge in [0.25, 0.3) is 5.88 Å².